The molecule has 4 atom stereocenters. The Morgan fingerprint density at radius 3 is 2.64 bits per heavy atom. The van der Waals surface area contributed by atoms with Crippen molar-refractivity contribution in [1.82, 2.24) is 0 Å². The first-order valence-electron chi connectivity index (χ1n) is 9.98. The van der Waals surface area contributed by atoms with E-state index < -0.39 is 8.32 Å². The molecule has 2 aliphatic rings. The molecular weight excluding hydrogens is 388 g/mol. The van der Waals surface area contributed by atoms with Gasteiger partial charge in [-0.05, 0) is 93.7 Å². The average Bonchev–Trinajstić information content (AvgIpc) is 2.81. The van der Waals surface area contributed by atoms with E-state index in [9.17, 15) is 0 Å². The van der Waals surface area contributed by atoms with E-state index in [4.69, 9.17) is 4.43 Å². The maximum atomic E-state index is 6.22. The minimum absolute atomic E-state index is 0.316. The second-order valence-corrected chi connectivity index (χ2v) is 14.9. The zero-order chi connectivity index (χ0) is 18.9. The third-order valence-electron chi connectivity index (χ3n) is 6.24. The van der Waals surface area contributed by atoms with Crippen molar-refractivity contribution in [2.24, 2.45) is 23.2 Å². The van der Waals surface area contributed by atoms with Crippen LogP contribution in [0.3, 0.4) is 0 Å². The third kappa shape index (κ3) is 5.24. The first kappa shape index (κ1) is 21.3. The van der Waals surface area contributed by atoms with Gasteiger partial charge in [0.15, 0.2) is 8.32 Å². The standard InChI is InChI=1S/C22H37BrOSi/c1-17(10-8-14-21(2,3)24-25(5,6)7)19-12-13-20-18(16-23)11-9-15-22(19,20)4/h16-17,19-20H,9-13,15H2,1-7H3/b18-16+/t17-,19-,20?,22-/m1/s1. The first-order valence-corrected chi connectivity index (χ1v) is 14.3. The van der Waals surface area contributed by atoms with E-state index >= 15 is 0 Å². The summed E-state index contributed by atoms with van der Waals surface area (Å²) in [5.74, 6) is 9.16. The molecule has 25 heavy (non-hydrogen) atoms. The quantitative estimate of drug-likeness (QED) is 0.343. The van der Waals surface area contributed by atoms with Crippen LogP contribution in [0.2, 0.25) is 19.6 Å². The van der Waals surface area contributed by atoms with Gasteiger partial charge in [0.2, 0.25) is 0 Å². The first-order chi connectivity index (χ1) is 11.5. The highest BCUT2D eigenvalue weighted by Crippen LogP contribution is 2.59. The van der Waals surface area contributed by atoms with Crippen molar-refractivity contribution in [1.29, 1.82) is 0 Å². The van der Waals surface area contributed by atoms with Crippen molar-refractivity contribution in [2.45, 2.75) is 91.5 Å². The molecule has 0 radical (unpaired) electrons. The van der Waals surface area contributed by atoms with E-state index in [1.807, 2.05) is 0 Å². The Labute approximate surface area is 165 Å². The smallest absolute Gasteiger partial charge is 0.185 e. The van der Waals surface area contributed by atoms with Crippen LogP contribution >= 0.6 is 15.9 Å². The van der Waals surface area contributed by atoms with Crippen LogP contribution in [0, 0.1) is 35.0 Å². The number of fused-ring (bicyclic) bond motifs is 1. The molecule has 0 N–H and O–H groups in total. The second kappa shape index (κ2) is 7.91. The number of halogens is 1. The highest BCUT2D eigenvalue weighted by atomic mass is 79.9. The molecule has 0 heterocycles. The molecule has 0 spiro atoms. The Bertz CT molecular complexity index is 563. The normalized spacial score (nSPS) is 32.9. The largest absolute Gasteiger partial charge is 0.402 e. The molecule has 2 saturated carbocycles. The summed E-state index contributed by atoms with van der Waals surface area (Å²) in [4.78, 5) is 2.22. The summed E-state index contributed by atoms with van der Waals surface area (Å²) in [7, 11) is -1.56. The van der Waals surface area contributed by atoms with E-state index in [0.29, 0.717) is 11.3 Å². The van der Waals surface area contributed by atoms with Crippen LogP contribution in [0.15, 0.2) is 10.6 Å². The van der Waals surface area contributed by atoms with Gasteiger partial charge in [0, 0.05) is 6.42 Å². The monoisotopic (exact) mass is 424 g/mol. The zero-order valence-electron chi connectivity index (χ0n) is 17.3. The van der Waals surface area contributed by atoms with Crippen LogP contribution in [0.1, 0.15) is 66.2 Å². The van der Waals surface area contributed by atoms with Crippen LogP contribution in [0.5, 0.6) is 0 Å². The van der Waals surface area contributed by atoms with Crippen LogP contribution < -0.4 is 0 Å². The van der Waals surface area contributed by atoms with Gasteiger partial charge in [-0.3, -0.25) is 0 Å². The summed E-state index contributed by atoms with van der Waals surface area (Å²) < 4.78 is 6.22. The van der Waals surface area contributed by atoms with E-state index in [1.54, 1.807) is 5.57 Å². The molecule has 3 heteroatoms. The molecule has 0 amide bonds. The predicted octanol–water partition coefficient (Wildman–Crippen LogP) is 7.14. The highest BCUT2D eigenvalue weighted by molar-refractivity contribution is 9.11. The van der Waals surface area contributed by atoms with Crippen molar-refractivity contribution < 1.29 is 4.43 Å². The van der Waals surface area contributed by atoms with Gasteiger partial charge in [-0.2, -0.15) is 0 Å². The molecule has 1 unspecified atom stereocenters. The van der Waals surface area contributed by atoms with E-state index in [1.165, 1.54) is 32.1 Å². The van der Waals surface area contributed by atoms with Crippen LogP contribution in [-0.2, 0) is 4.43 Å². The van der Waals surface area contributed by atoms with Gasteiger partial charge in [0.1, 0.15) is 5.60 Å². The molecule has 0 aromatic carbocycles. The van der Waals surface area contributed by atoms with E-state index in [-0.39, 0.29) is 5.60 Å². The fourth-order valence-corrected chi connectivity index (χ4v) is 7.63. The van der Waals surface area contributed by atoms with Crippen molar-refractivity contribution >= 4 is 24.2 Å². The molecule has 0 aromatic heterocycles. The molecule has 0 aliphatic heterocycles. The number of hydrogen-bond acceptors (Lipinski definition) is 1. The maximum Gasteiger partial charge on any atom is 0.185 e. The van der Waals surface area contributed by atoms with E-state index in [2.05, 4.69) is 80.1 Å². The molecule has 1 nitrogen and oxygen atoms in total. The summed E-state index contributed by atoms with van der Waals surface area (Å²) in [6.45, 7) is 15.9. The third-order valence-corrected chi connectivity index (χ3v) is 7.95. The van der Waals surface area contributed by atoms with Gasteiger partial charge < -0.3 is 4.43 Å². The fourth-order valence-electron chi connectivity index (χ4n) is 5.50. The predicted molar refractivity (Wildman–Crippen MR) is 115 cm³/mol. The fraction of sp³-hybridized carbons (Fsp3) is 0.818. The Hall–Kier alpha value is -0.0431. The molecule has 142 valence electrons. The van der Waals surface area contributed by atoms with Gasteiger partial charge >= 0.3 is 0 Å². The Morgan fingerprint density at radius 2 is 2.04 bits per heavy atom. The molecule has 2 rings (SSSR count). The molecular formula is C22H37BrOSi. The van der Waals surface area contributed by atoms with Gasteiger partial charge in [0.25, 0.3) is 0 Å². The van der Waals surface area contributed by atoms with E-state index in [0.717, 1.165) is 18.3 Å². The maximum absolute atomic E-state index is 6.22. The lowest BCUT2D eigenvalue weighted by Gasteiger charge is -2.44. The highest BCUT2D eigenvalue weighted by Gasteiger charge is 2.50. The average molecular weight is 426 g/mol. The van der Waals surface area contributed by atoms with Crippen molar-refractivity contribution in [3.63, 3.8) is 0 Å². The lowest BCUT2D eigenvalue weighted by Crippen LogP contribution is -2.37. The molecule has 0 aromatic rings. The summed E-state index contributed by atoms with van der Waals surface area (Å²) in [5.41, 5.74) is 1.81. The molecule has 0 bridgehead atoms. The molecule has 0 saturated heterocycles. The van der Waals surface area contributed by atoms with Crippen LogP contribution in [-0.4, -0.2) is 13.9 Å². The zero-order valence-corrected chi connectivity index (χ0v) is 19.9. The Morgan fingerprint density at radius 1 is 1.36 bits per heavy atom. The lowest BCUT2D eigenvalue weighted by atomic mass is 9.61. The minimum Gasteiger partial charge on any atom is -0.402 e. The lowest BCUT2D eigenvalue weighted by molar-refractivity contribution is 0.0993. The number of hydrogen-bond donors (Lipinski definition) is 0. The van der Waals surface area contributed by atoms with Gasteiger partial charge in [-0.25, -0.2) is 0 Å². The van der Waals surface area contributed by atoms with Crippen LogP contribution in [0.25, 0.3) is 0 Å². The van der Waals surface area contributed by atoms with Gasteiger partial charge in [-0.1, -0.05) is 41.3 Å². The Kier molecular flexibility index (Phi) is 6.72. The molecule has 2 aliphatic carbocycles. The number of allylic oxidation sites excluding steroid dienone is 1. The topological polar surface area (TPSA) is 9.23 Å². The second-order valence-electron chi connectivity index (χ2n) is 9.99. The van der Waals surface area contributed by atoms with Gasteiger partial charge in [0.05, 0.1) is 0 Å². The summed E-state index contributed by atoms with van der Waals surface area (Å²) >= 11 is 3.62. The minimum atomic E-state index is -1.56. The van der Waals surface area contributed by atoms with Crippen LogP contribution in [0.4, 0.5) is 0 Å². The van der Waals surface area contributed by atoms with Crippen molar-refractivity contribution in [2.75, 3.05) is 0 Å². The van der Waals surface area contributed by atoms with Gasteiger partial charge in [-0.15, -0.1) is 5.92 Å². The summed E-state index contributed by atoms with van der Waals surface area (Å²) in [6.07, 6.45) is 7.74. The summed E-state index contributed by atoms with van der Waals surface area (Å²) in [5, 5.41) is 0. The summed E-state index contributed by atoms with van der Waals surface area (Å²) in [6, 6.07) is 0. The molecule has 2 fully saturated rings. The SMILES string of the molecule is C[C@H](CC#CC(C)(C)O[Si](C)(C)C)[C@H]1CCC2/C(=C/Br)CCC[C@@]21C. The van der Waals surface area contributed by atoms with Crippen molar-refractivity contribution in [3.8, 4) is 11.8 Å². The Balaban J connectivity index is 2.03. The number of rotatable bonds is 4. The van der Waals surface area contributed by atoms with Crippen molar-refractivity contribution in [3.05, 3.63) is 10.6 Å².